The van der Waals surface area contributed by atoms with Gasteiger partial charge in [0.1, 0.15) is 0 Å². The molecule has 2 N–H and O–H groups in total. The fraction of sp³-hybridized carbons (Fsp3) is 0.857. The van der Waals surface area contributed by atoms with Crippen molar-refractivity contribution in [2.45, 2.75) is 32.2 Å². The van der Waals surface area contributed by atoms with Crippen LogP contribution in [0.1, 0.15) is 26.2 Å². The fourth-order valence-electron chi connectivity index (χ4n) is 0.905. The fourth-order valence-corrected chi connectivity index (χ4v) is 0.905. The summed E-state index contributed by atoms with van der Waals surface area (Å²) in [5.74, 6) is -0.805. The summed E-state index contributed by atoms with van der Waals surface area (Å²) in [6.45, 7) is 2.04. The van der Waals surface area contributed by atoms with E-state index in [9.17, 15) is 4.79 Å². The number of hydrogen-bond donors (Lipinski definition) is 2. The van der Waals surface area contributed by atoms with Gasteiger partial charge in [-0.2, -0.15) is 0 Å². The zero-order valence-corrected chi connectivity index (χ0v) is 7.67. The first-order chi connectivity index (χ1) is 5.72. The number of unbranched alkanes of at least 4 members (excludes halogenated alkanes) is 1. The third-order valence-corrected chi connectivity index (χ3v) is 1.62. The Morgan fingerprint density at radius 3 is 2.83 bits per heavy atom. The third-order valence-electron chi connectivity index (χ3n) is 1.62. The Hall–Kier alpha value is -0.545. The molecule has 1 atom stereocenters. The summed E-state index contributed by atoms with van der Waals surface area (Å²) in [5, 5.41) is 11.5. The van der Waals surface area contributed by atoms with Crippen LogP contribution in [-0.4, -0.2) is 31.8 Å². The molecule has 12 heavy (non-hydrogen) atoms. The first-order valence-corrected chi connectivity index (χ1v) is 4.17. The summed E-state index contributed by atoms with van der Waals surface area (Å²) in [4.78, 5) is 10.6. The highest BCUT2D eigenvalue weighted by atomic mass is 16.4. The van der Waals surface area contributed by atoms with Crippen LogP contribution >= 0.6 is 0 Å². The van der Waals surface area contributed by atoms with E-state index in [1.54, 1.807) is 0 Å². The van der Waals surface area contributed by atoms with Gasteiger partial charge in [0.25, 0.3) is 0 Å². The van der Waals surface area contributed by atoms with Crippen molar-refractivity contribution in [3.63, 3.8) is 0 Å². The van der Waals surface area contributed by atoms with Crippen molar-refractivity contribution in [1.29, 1.82) is 0 Å². The van der Waals surface area contributed by atoms with Crippen molar-refractivity contribution >= 4 is 13.6 Å². The lowest BCUT2D eigenvalue weighted by Gasteiger charge is -2.11. The zero-order chi connectivity index (χ0) is 9.40. The van der Waals surface area contributed by atoms with E-state index in [0.29, 0.717) is 14.0 Å². The van der Waals surface area contributed by atoms with Gasteiger partial charge in [0, 0.05) is 7.11 Å². The molecule has 0 unspecified atom stereocenters. The molecule has 0 radical (unpaired) electrons. The summed E-state index contributed by atoms with van der Waals surface area (Å²) >= 11 is 0. The van der Waals surface area contributed by atoms with Crippen LogP contribution in [0.15, 0.2) is 0 Å². The number of nitrogens with one attached hydrogen (secondary N) is 1. The Kier molecular flexibility index (Phi) is 6.80. The van der Waals surface area contributed by atoms with E-state index in [1.807, 2.05) is 6.92 Å². The molecule has 0 saturated carbocycles. The Labute approximate surface area is 73.6 Å². The molecule has 70 valence electrons. The van der Waals surface area contributed by atoms with E-state index < -0.39 is 12.0 Å². The van der Waals surface area contributed by atoms with Crippen LogP contribution in [0.4, 0.5) is 0 Å². The van der Waals surface area contributed by atoms with Gasteiger partial charge in [0.05, 0.1) is 6.04 Å². The Morgan fingerprint density at radius 2 is 2.42 bits per heavy atom. The van der Waals surface area contributed by atoms with Gasteiger partial charge in [-0.05, 0) is 6.42 Å². The molecule has 0 aromatic heterocycles. The summed E-state index contributed by atoms with van der Waals surface area (Å²) in [7, 11) is 1.83. The second kappa shape index (κ2) is 7.12. The molecular formula is C7H16BNO3. The van der Waals surface area contributed by atoms with Crippen molar-refractivity contribution in [2.24, 2.45) is 0 Å². The van der Waals surface area contributed by atoms with Crippen LogP contribution < -0.4 is 5.23 Å². The van der Waals surface area contributed by atoms with E-state index in [4.69, 9.17) is 9.76 Å². The highest BCUT2D eigenvalue weighted by Gasteiger charge is 2.15. The number of carbonyl (C=O) groups is 1. The Bertz CT molecular complexity index is 124. The van der Waals surface area contributed by atoms with Crippen molar-refractivity contribution in [1.82, 2.24) is 5.23 Å². The van der Waals surface area contributed by atoms with Gasteiger partial charge in [-0.1, -0.05) is 19.8 Å². The summed E-state index contributed by atoms with van der Waals surface area (Å²) < 4.78 is 4.73. The molecule has 0 aliphatic rings. The van der Waals surface area contributed by atoms with E-state index >= 15 is 0 Å². The molecule has 0 aliphatic heterocycles. The maximum atomic E-state index is 10.6. The number of carboxylic acid groups (broad SMARTS) is 1. The molecule has 0 saturated heterocycles. The molecule has 0 aromatic carbocycles. The molecule has 0 spiro atoms. The molecule has 0 aliphatic carbocycles. The van der Waals surface area contributed by atoms with Crippen molar-refractivity contribution in [2.75, 3.05) is 7.11 Å². The first kappa shape index (κ1) is 11.5. The SMILES string of the molecule is CCCC[C@H](NBOC)C(=O)O. The average Bonchev–Trinajstić information content (AvgIpc) is 2.04. The number of rotatable bonds is 7. The summed E-state index contributed by atoms with van der Waals surface area (Å²) in [6, 6.07) is -0.468. The first-order valence-electron chi connectivity index (χ1n) is 4.17. The zero-order valence-electron chi connectivity index (χ0n) is 7.67. The van der Waals surface area contributed by atoms with Crippen LogP contribution in [-0.2, 0) is 9.45 Å². The number of carboxylic acids is 1. The maximum Gasteiger partial charge on any atom is 0.361 e. The van der Waals surface area contributed by atoms with Gasteiger partial charge in [0.15, 0.2) is 0 Å². The van der Waals surface area contributed by atoms with Gasteiger partial charge in [-0.15, -0.1) is 0 Å². The lowest BCUT2D eigenvalue weighted by molar-refractivity contribution is -0.139. The smallest absolute Gasteiger partial charge is 0.361 e. The largest absolute Gasteiger partial charge is 0.480 e. The van der Waals surface area contributed by atoms with Crippen LogP contribution in [0.3, 0.4) is 0 Å². The molecule has 0 rings (SSSR count). The minimum atomic E-state index is -0.805. The highest BCUT2D eigenvalue weighted by molar-refractivity contribution is 6.24. The van der Waals surface area contributed by atoms with Gasteiger partial charge in [-0.3, -0.25) is 4.79 Å². The van der Waals surface area contributed by atoms with E-state index in [0.717, 1.165) is 12.8 Å². The van der Waals surface area contributed by atoms with Crippen LogP contribution in [0, 0.1) is 0 Å². The minimum Gasteiger partial charge on any atom is -0.480 e. The lowest BCUT2D eigenvalue weighted by atomic mass is 10.1. The molecule has 0 bridgehead atoms. The van der Waals surface area contributed by atoms with Crippen LogP contribution in [0.25, 0.3) is 0 Å². The second-order valence-corrected chi connectivity index (χ2v) is 2.67. The normalized spacial score (nSPS) is 12.5. The Morgan fingerprint density at radius 1 is 1.75 bits per heavy atom. The predicted molar refractivity (Wildman–Crippen MR) is 48.2 cm³/mol. The van der Waals surface area contributed by atoms with Crippen molar-refractivity contribution in [3.05, 3.63) is 0 Å². The lowest BCUT2D eigenvalue weighted by Crippen LogP contribution is -2.39. The molecule has 0 aromatic rings. The summed E-state index contributed by atoms with van der Waals surface area (Å²) in [6.07, 6.45) is 2.60. The topological polar surface area (TPSA) is 58.6 Å². The van der Waals surface area contributed by atoms with Crippen molar-refractivity contribution in [3.8, 4) is 0 Å². The van der Waals surface area contributed by atoms with Crippen molar-refractivity contribution < 1.29 is 14.6 Å². The third kappa shape index (κ3) is 5.15. The monoisotopic (exact) mass is 173 g/mol. The van der Waals surface area contributed by atoms with E-state index in [1.165, 1.54) is 7.11 Å². The van der Waals surface area contributed by atoms with E-state index in [2.05, 4.69) is 5.23 Å². The van der Waals surface area contributed by atoms with Crippen LogP contribution in [0.2, 0.25) is 0 Å². The molecule has 0 amide bonds. The number of aliphatic carboxylic acids is 1. The second-order valence-electron chi connectivity index (χ2n) is 2.67. The molecule has 0 fully saturated rings. The molecule has 4 nitrogen and oxygen atoms in total. The van der Waals surface area contributed by atoms with Gasteiger partial charge in [-0.25, -0.2) is 0 Å². The average molecular weight is 173 g/mol. The van der Waals surface area contributed by atoms with Crippen LogP contribution in [0.5, 0.6) is 0 Å². The highest BCUT2D eigenvalue weighted by Crippen LogP contribution is 1.99. The van der Waals surface area contributed by atoms with Gasteiger partial charge < -0.3 is 15.0 Å². The van der Waals surface area contributed by atoms with Gasteiger partial charge in [0.2, 0.25) is 0 Å². The molecule has 5 heteroatoms. The maximum absolute atomic E-state index is 10.6. The van der Waals surface area contributed by atoms with E-state index in [-0.39, 0.29) is 0 Å². The number of hydrogen-bond acceptors (Lipinski definition) is 3. The quantitative estimate of drug-likeness (QED) is 0.537. The predicted octanol–water partition coefficient (Wildman–Crippen LogP) is 0.132. The Balaban J connectivity index is 3.62. The minimum absolute atomic E-state index is 0.292. The molecular weight excluding hydrogens is 157 g/mol. The standard InChI is InChI=1S/C7H16BNO3/c1-3-4-5-6(7(10)11)9-8-12-2/h6,8-9H,3-5H2,1-2H3,(H,10,11)/t6-/m0/s1. The van der Waals surface area contributed by atoms with Gasteiger partial charge >= 0.3 is 13.6 Å². The molecule has 0 heterocycles. The summed E-state index contributed by atoms with van der Waals surface area (Å²) in [5.41, 5.74) is 0.